The van der Waals surface area contributed by atoms with Crippen molar-refractivity contribution in [1.82, 2.24) is 0 Å². The minimum atomic E-state index is 0.294. The van der Waals surface area contributed by atoms with Crippen LogP contribution < -0.4 is 0 Å². The van der Waals surface area contributed by atoms with Gasteiger partial charge >= 0.3 is 59.8 Å². The number of nitrogens with zero attached hydrogens (tertiary/aromatic N) is 1. The van der Waals surface area contributed by atoms with Gasteiger partial charge in [0.2, 0.25) is 0 Å². The number of carbonyl (C=O) groups excluding carboxylic acids is 1. The Morgan fingerprint density at radius 3 is 3.30 bits per heavy atom. The van der Waals surface area contributed by atoms with Crippen molar-refractivity contribution < 1.29 is 9.45 Å². The van der Waals surface area contributed by atoms with Crippen LogP contribution in [-0.2, 0) is 9.45 Å². The second-order valence-corrected chi connectivity index (χ2v) is 2.27. The number of carbonyl (C=O) groups is 1. The van der Waals surface area contributed by atoms with E-state index in [1.54, 1.807) is 0 Å². The summed E-state index contributed by atoms with van der Waals surface area (Å²) in [6, 6.07) is 0. The Labute approximate surface area is 60.8 Å². The Hall–Kier alpha value is -0.665. The van der Waals surface area contributed by atoms with Crippen molar-refractivity contribution in [2.75, 3.05) is 13.2 Å². The van der Waals surface area contributed by atoms with Gasteiger partial charge in [-0.15, -0.1) is 0 Å². The van der Waals surface area contributed by atoms with E-state index in [1.165, 1.54) is 7.27 Å². The monoisotopic (exact) mass is 139 g/mol. The number of hydrogen-bond acceptors (Lipinski definition) is 3. The van der Waals surface area contributed by atoms with Crippen LogP contribution in [0, 0.1) is 0 Å². The predicted molar refractivity (Wildman–Crippen MR) is 37.9 cm³/mol. The van der Waals surface area contributed by atoms with Crippen LogP contribution in [0.3, 0.4) is 0 Å². The third-order valence-corrected chi connectivity index (χ3v) is 1.39. The standard InChI is InChI=1S/C6H10BNO2/c9-6-2-1-5-10-7-8-4-3-6/h1-5H2. The first-order valence-electron chi connectivity index (χ1n) is 3.51. The van der Waals surface area contributed by atoms with Crippen molar-refractivity contribution in [3.8, 4) is 0 Å². The molecule has 0 aromatic carbocycles. The van der Waals surface area contributed by atoms with Gasteiger partial charge in [0, 0.05) is 0 Å². The van der Waals surface area contributed by atoms with Crippen molar-refractivity contribution in [2.45, 2.75) is 19.3 Å². The molecule has 1 heterocycles. The van der Waals surface area contributed by atoms with Gasteiger partial charge < -0.3 is 0 Å². The molecule has 10 heavy (non-hydrogen) atoms. The zero-order chi connectivity index (χ0) is 7.23. The van der Waals surface area contributed by atoms with Gasteiger partial charge in [-0.25, -0.2) is 0 Å². The van der Waals surface area contributed by atoms with E-state index >= 15 is 0 Å². The Kier molecular flexibility index (Phi) is 3.12. The van der Waals surface area contributed by atoms with E-state index in [0.29, 0.717) is 31.8 Å². The van der Waals surface area contributed by atoms with Crippen molar-refractivity contribution in [3.63, 3.8) is 0 Å². The van der Waals surface area contributed by atoms with Gasteiger partial charge in [-0.2, -0.15) is 0 Å². The minimum absolute atomic E-state index is 0.294. The van der Waals surface area contributed by atoms with E-state index in [0.717, 1.165) is 6.42 Å². The van der Waals surface area contributed by atoms with Crippen molar-refractivity contribution in [3.05, 3.63) is 0 Å². The summed E-state index contributed by atoms with van der Waals surface area (Å²) >= 11 is 0. The zero-order valence-corrected chi connectivity index (χ0v) is 5.88. The molecule has 0 unspecified atom stereocenters. The third-order valence-electron chi connectivity index (χ3n) is 1.39. The maximum absolute atomic E-state index is 10.9. The van der Waals surface area contributed by atoms with Crippen LogP contribution in [0.2, 0.25) is 0 Å². The summed E-state index contributed by atoms with van der Waals surface area (Å²) in [5, 5.41) is 0. The number of rotatable bonds is 0. The summed E-state index contributed by atoms with van der Waals surface area (Å²) in [4.78, 5) is 14.7. The van der Waals surface area contributed by atoms with Crippen LogP contribution >= 0.6 is 0 Å². The summed E-state index contributed by atoms with van der Waals surface area (Å²) in [6.45, 7) is 1.20. The topological polar surface area (TPSA) is 38.7 Å². The van der Waals surface area contributed by atoms with Crippen LogP contribution in [0.4, 0.5) is 0 Å². The van der Waals surface area contributed by atoms with E-state index < -0.39 is 0 Å². The van der Waals surface area contributed by atoms with Gasteiger partial charge in [0.1, 0.15) is 0 Å². The van der Waals surface area contributed by atoms with E-state index in [-0.39, 0.29) is 0 Å². The summed E-state index contributed by atoms with van der Waals surface area (Å²) < 4.78 is 4.96. The van der Waals surface area contributed by atoms with E-state index in [9.17, 15) is 4.79 Å². The van der Waals surface area contributed by atoms with Crippen molar-refractivity contribution in [2.24, 2.45) is 4.90 Å². The molecule has 3 nitrogen and oxygen atoms in total. The van der Waals surface area contributed by atoms with Crippen LogP contribution in [0.5, 0.6) is 0 Å². The molecule has 0 atom stereocenters. The fourth-order valence-corrected chi connectivity index (χ4v) is 0.825. The first kappa shape index (κ1) is 7.44. The quantitative estimate of drug-likeness (QED) is 0.460. The first-order valence-corrected chi connectivity index (χ1v) is 3.51. The molecular formula is C6H10BNO2. The van der Waals surface area contributed by atoms with Crippen molar-refractivity contribution in [1.29, 1.82) is 0 Å². The molecule has 1 aliphatic rings. The fraction of sp³-hybridized carbons (Fsp3) is 0.833. The SMILES string of the molecule is O=C1CCCO/B=N\CC1. The van der Waals surface area contributed by atoms with Crippen LogP contribution in [0.25, 0.3) is 0 Å². The van der Waals surface area contributed by atoms with Crippen LogP contribution in [-0.4, -0.2) is 26.2 Å². The molecule has 0 aromatic rings. The maximum atomic E-state index is 10.9. The molecule has 0 amide bonds. The molecule has 1 rings (SSSR count). The second kappa shape index (κ2) is 4.20. The fourth-order valence-electron chi connectivity index (χ4n) is 0.825. The Balaban J connectivity index is 2.32. The Morgan fingerprint density at radius 2 is 2.40 bits per heavy atom. The van der Waals surface area contributed by atoms with E-state index in [4.69, 9.17) is 4.65 Å². The summed E-state index contributed by atoms with van der Waals surface area (Å²) in [6.07, 6.45) is 2.04. The molecule has 0 fully saturated rings. The van der Waals surface area contributed by atoms with Gasteiger partial charge in [0.25, 0.3) is 0 Å². The number of hydrogen-bond donors (Lipinski definition) is 0. The van der Waals surface area contributed by atoms with E-state index in [1.807, 2.05) is 0 Å². The summed E-state index contributed by atoms with van der Waals surface area (Å²) in [5.74, 6) is 0.294. The van der Waals surface area contributed by atoms with Gasteiger partial charge in [0.15, 0.2) is 0 Å². The summed E-state index contributed by atoms with van der Waals surface area (Å²) in [5.41, 5.74) is 0. The van der Waals surface area contributed by atoms with Gasteiger partial charge in [0.05, 0.1) is 0 Å². The number of ketones is 1. The molecule has 0 saturated carbocycles. The molecule has 0 spiro atoms. The average Bonchev–Trinajstić information content (AvgIpc) is 2.02. The molecular weight excluding hydrogens is 129 g/mol. The molecule has 0 N–H and O–H groups in total. The molecule has 0 radical (unpaired) electrons. The molecule has 0 aliphatic carbocycles. The van der Waals surface area contributed by atoms with Gasteiger partial charge in [-0.1, -0.05) is 0 Å². The molecule has 4 heteroatoms. The summed E-state index contributed by atoms with van der Waals surface area (Å²) in [7, 11) is 1.44. The molecule has 1 aliphatic heterocycles. The first-order chi connectivity index (χ1) is 4.89. The van der Waals surface area contributed by atoms with Gasteiger partial charge in [-0.3, -0.25) is 0 Å². The van der Waals surface area contributed by atoms with Gasteiger partial charge in [-0.05, 0) is 0 Å². The number of Topliss-reactive ketones (excluding diaryl/α,β-unsaturated/α-hetero) is 1. The Bertz CT molecular complexity index is 147. The van der Waals surface area contributed by atoms with E-state index in [2.05, 4.69) is 4.90 Å². The van der Waals surface area contributed by atoms with Crippen LogP contribution in [0.1, 0.15) is 19.3 Å². The molecule has 0 bridgehead atoms. The Morgan fingerprint density at radius 1 is 1.50 bits per heavy atom. The predicted octanol–water partition coefficient (Wildman–Crippen LogP) is 0.559. The third kappa shape index (κ3) is 2.76. The molecule has 54 valence electrons. The van der Waals surface area contributed by atoms with Crippen LogP contribution in [0.15, 0.2) is 4.90 Å². The second-order valence-electron chi connectivity index (χ2n) is 2.27. The molecule has 0 saturated heterocycles. The average molecular weight is 139 g/mol. The van der Waals surface area contributed by atoms with Crippen molar-refractivity contribution >= 4 is 13.1 Å². The normalized spacial score (nSPS) is 22.2. The molecule has 0 aromatic heterocycles. The zero-order valence-electron chi connectivity index (χ0n) is 5.88.